The quantitative estimate of drug-likeness (QED) is 0.911. The van der Waals surface area contributed by atoms with E-state index in [0.717, 1.165) is 17.7 Å². The second-order valence-electron chi connectivity index (χ2n) is 5.88. The molecule has 2 aromatic rings. The molecule has 1 aromatic heterocycles. The van der Waals surface area contributed by atoms with E-state index in [9.17, 15) is 9.59 Å². The highest BCUT2D eigenvalue weighted by molar-refractivity contribution is 5.99. The second kappa shape index (κ2) is 7.12. The summed E-state index contributed by atoms with van der Waals surface area (Å²) in [6.45, 7) is 2.56. The third-order valence-electron chi connectivity index (χ3n) is 4.05. The van der Waals surface area contributed by atoms with E-state index in [2.05, 4.69) is 15.6 Å². The number of nitrogens with zero attached hydrogens (tertiary/aromatic N) is 2. The molecule has 1 saturated heterocycles. The summed E-state index contributed by atoms with van der Waals surface area (Å²) < 4.78 is 0. The number of aryl methyl sites for hydroxylation is 1. The van der Waals surface area contributed by atoms with Gasteiger partial charge in [0.25, 0.3) is 0 Å². The number of benzene rings is 1. The molecule has 1 fully saturated rings. The maximum Gasteiger partial charge on any atom is 0.322 e. The van der Waals surface area contributed by atoms with E-state index in [0.29, 0.717) is 18.7 Å². The average molecular weight is 324 g/mol. The number of aromatic nitrogens is 1. The van der Waals surface area contributed by atoms with E-state index < -0.39 is 6.04 Å². The average Bonchev–Trinajstić information content (AvgIpc) is 3.08. The van der Waals surface area contributed by atoms with Gasteiger partial charge in [-0.1, -0.05) is 17.7 Å². The van der Waals surface area contributed by atoms with Crippen LogP contribution in [0.3, 0.4) is 0 Å². The molecular formula is C18H20N4O2. The summed E-state index contributed by atoms with van der Waals surface area (Å²) >= 11 is 0. The lowest BCUT2D eigenvalue weighted by atomic mass is 10.2. The van der Waals surface area contributed by atoms with E-state index in [-0.39, 0.29) is 11.9 Å². The number of urea groups is 1. The lowest BCUT2D eigenvalue weighted by Gasteiger charge is -2.24. The topological polar surface area (TPSA) is 74.3 Å². The minimum absolute atomic E-state index is 0.181. The number of carbonyl (C=O) groups excluding carboxylic acids is 2. The van der Waals surface area contributed by atoms with Crippen molar-refractivity contribution in [2.24, 2.45) is 0 Å². The number of carbonyl (C=O) groups is 2. The molecule has 24 heavy (non-hydrogen) atoms. The van der Waals surface area contributed by atoms with Crippen LogP contribution in [-0.2, 0) is 4.79 Å². The molecule has 6 nitrogen and oxygen atoms in total. The summed E-state index contributed by atoms with van der Waals surface area (Å²) in [5.74, 6) is -0.181. The first-order chi connectivity index (χ1) is 11.6. The molecule has 0 unspecified atom stereocenters. The number of pyridine rings is 1. The van der Waals surface area contributed by atoms with Crippen molar-refractivity contribution >= 4 is 23.3 Å². The summed E-state index contributed by atoms with van der Waals surface area (Å²) in [5, 5.41) is 5.67. The van der Waals surface area contributed by atoms with Crippen molar-refractivity contribution in [3.63, 3.8) is 0 Å². The summed E-state index contributed by atoms with van der Waals surface area (Å²) in [7, 11) is 0. The number of nitrogens with one attached hydrogen (secondary N) is 2. The zero-order valence-electron chi connectivity index (χ0n) is 13.5. The van der Waals surface area contributed by atoms with Crippen LogP contribution in [0.2, 0.25) is 0 Å². The zero-order valence-corrected chi connectivity index (χ0v) is 13.5. The van der Waals surface area contributed by atoms with Crippen LogP contribution in [0.4, 0.5) is 16.2 Å². The summed E-state index contributed by atoms with van der Waals surface area (Å²) in [4.78, 5) is 30.5. The normalized spacial score (nSPS) is 16.7. The van der Waals surface area contributed by atoms with Crippen LogP contribution in [0.15, 0.2) is 48.8 Å². The molecule has 0 spiro atoms. The van der Waals surface area contributed by atoms with E-state index >= 15 is 0 Å². The fourth-order valence-corrected chi connectivity index (χ4v) is 2.78. The Kier molecular flexibility index (Phi) is 4.74. The number of likely N-dealkylation sites (tertiary alicyclic amines) is 1. The van der Waals surface area contributed by atoms with E-state index in [1.54, 1.807) is 29.4 Å². The van der Waals surface area contributed by atoms with E-state index in [4.69, 9.17) is 0 Å². The van der Waals surface area contributed by atoms with Crippen molar-refractivity contribution in [2.75, 3.05) is 17.2 Å². The van der Waals surface area contributed by atoms with Crippen LogP contribution in [-0.4, -0.2) is 34.4 Å². The van der Waals surface area contributed by atoms with Crippen molar-refractivity contribution in [3.05, 3.63) is 54.4 Å². The molecule has 2 N–H and O–H groups in total. The van der Waals surface area contributed by atoms with Crippen molar-refractivity contribution in [1.29, 1.82) is 0 Å². The van der Waals surface area contributed by atoms with Gasteiger partial charge in [-0.05, 0) is 44.0 Å². The lowest BCUT2D eigenvalue weighted by molar-refractivity contribution is -0.119. The Bertz CT molecular complexity index is 716. The van der Waals surface area contributed by atoms with Crippen LogP contribution in [0.25, 0.3) is 0 Å². The first kappa shape index (κ1) is 16.0. The van der Waals surface area contributed by atoms with Gasteiger partial charge in [0.1, 0.15) is 6.04 Å². The zero-order chi connectivity index (χ0) is 16.9. The molecule has 1 aromatic carbocycles. The Morgan fingerprint density at radius 2 is 1.92 bits per heavy atom. The summed E-state index contributed by atoms with van der Waals surface area (Å²) in [6, 6.07) is 10.4. The number of hydrogen-bond donors (Lipinski definition) is 2. The predicted molar refractivity (Wildman–Crippen MR) is 92.8 cm³/mol. The Labute approximate surface area is 140 Å². The van der Waals surface area contributed by atoms with Gasteiger partial charge in [-0.25, -0.2) is 4.79 Å². The molecule has 3 rings (SSSR count). The van der Waals surface area contributed by atoms with Crippen molar-refractivity contribution in [3.8, 4) is 0 Å². The molecule has 6 heteroatoms. The molecule has 124 valence electrons. The first-order valence-corrected chi connectivity index (χ1v) is 7.98. The third-order valence-corrected chi connectivity index (χ3v) is 4.05. The molecule has 0 saturated carbocycles. The second-order valence-corrected chi connectivity index (χ2v) is 5.88. The van der Waals surface area contributed by atoms with Gasteiger partial charge in [0.2, 0.25) is 5.91 Å². The van der Waals surface area contributed by atoms with E-state index in [1.165, 1.54) is 0 Å². The number of rotatable bonds is 3. The molecule has 3 amide bonds. The maximum atomic E-state index is 12.5. The van der Waals surface area contributed by atoms with Crippen LogP contribution < -0.4 is 10.6 Å². The largest absolute Gasteiger partial charge is 0.323 e. The maximum absolute atomic E-state index is 12.5. The first-order valence-electron chi connectivity index (χ1n) is 7.98. The molecule has 0 bridgehead atoms. The van der Waals surface area contributed by atoms with Crippen LogP contribution >= 0.6 is 0 Å². The van der Waals surface area contributed by atoms with Crippen LogP contribution in [0.5, 0.6) is 0 Å². The van der Waals surface area contributed by atoms with Gasteiger partial charge >= 0.3 is 6.03 Å². The van der Waals surface area contributed by atoms with Crippen molar-refractivity contribution < 1.29 is 9.59 Å². The highest BCUT2D eigenvalue weighted by atomic mass is 16.2. The SMILES string of the molecule is Cc1ccc(NC(=O)N2CCC[C@@H]2C(=O)Nc2cccnc2)cc1. The standard InChI is InChI=1S/C18H20N4O2/c1-13-6-8-14(9-7-13)21-18(24)22-11-3-5-16(22)17(23)20-15-4-2-10-19-12-15/h2,4,6-10,12,16H,3,5,11H2,1H3,(H,20,23)(H,21,24)/t16-/m1/s1. The molecule has 0 aliphatic carbocycles. The van der Waals surface area contributed by atoms with Gasteiger partial charge in [0.05, 0.1) is 11.9 Å². The van der Waals surface area contributed by atoms with Crippen LogP contribution in [0.1, 0.15) is 18.4 Å². The Hall–Kier alpha value is -2.89. The van der Waals surface area contributed by atoms with Gasteiger partial charge in [-0.2, -0.15) is 0 Å². The highest BCUT2D eigenvalue weighted by Gasteiger charge is 2.34. The van der Waals surface area contributed by atoms with Gasteiger partial charge in [-0.15, -0.1) is 0 Å². The minimum Gasteiger partial charge on any atom is -0.323 e. The summed E-state index contributed by atoms with van der Waals surface area (Å²) in [5.41, 5.74) is 2.49. The molecule has 0 radical (unpaired) electrons. The molecule has 1 aliphatic heterocycles. The Morgan fingerprint density at radius 3 is 2.62 bits per heavy atom. The van der Waals surface area contributed by atoms with Gasteiger partial charge in [0, 0.05) is 18.4 Å². The van der Waals surface area contributed by atoms with Crippen molar-refractivity contribution in [2.45, 2.75) is 25.8 Å². The number of hydrogen-bond acceptors (Lipinski definition) is 3. The molecule has 2 heterocycles. The van der Waals surface area contributed by atoms with Crippen molar-refractivity contribution in [1.82, 2.24) is 9.88 Å². The highest BCUT2D eigenvalue weighted by Crippen LogP contribution is 2.20. The smallest absolute Gasteiger partial charge is 0.322 e. The monoisotopic (exact) mass is 324 g/mol. The lowest BCUT2D eigenvalue weighted by Crippen LogP contribution is -2.45. The Morgan fingerprint density at radius 1 is 1.12 bits per heavy atom. The van der Waals surface area contributed by atoms with E-state index in [1.807, 2.05) is 31.2 Å². The molecular weight excluding hydrogens is 304 g/mol. The predicted octanol–water partition coefficient (Wildman–Crippen LogP) is 3.03. The minimum atomic E-state index is -0.462. The van der Waals surface area contributed by atoms with Gasteiger partial charge < -0.3 is 15.5 Å². The summed E-state index contributed by atoms with van der Waals surface area (Å²) in [6.07, 6.45) is 4.70. The fourth-order valence-electron chi connectivity index (χ4n) is 2.78. The van der Waals surface area contributed by atoms with Gasteiger partial charge in [0.15, 0.2) is 0 Å². The third kappa shape index (κ3) is 3.71. The number of amides is 3. The van der Waals surface area contributed by atoms with Crippen LogP contribution in [0, 0.1) is 6.92 Å². The molecule has 1 atom stereocenters. The van der Waals surface area contributed by atoms with Gasteiger partial charge in [-0.3, -0.25) is 9.78 Å². The Balaban J connectivity index is 1.65. The molecule has 1 aliphatic rings. The number of anilines is 2. The fraction of sp³-hybridized carbons (Fsp3) is 0.278.